The third-order valence-electron chi connectivity index (χ3n) is 5.98. The fourth-order valence-corrected chi connectivity index (χ4v) is 4.27. The summed E-state index contributed by atoms with van der Waals surface area (Å²) in [6.45, 7) is 5.83. The molecule has 8 heteroatoms. The second-order valence-corrected chi connectivity index (χ2v) is 8.00. The van der Waals surface area contributed by atoms with Gasteiger partial charge in [-0.3, -0.25) is 9.59 Å². The van der Waals surface area contributed by atoms with Gasteiger partial charge >= 0.3 is 11.9 Å². The molecule has 0 bridgehead atoms. The molecule has 5 rings (SSSR count). The van der Waals surface area contributed by atoms with Crippen LogP contribution >= 0.6 is 0 Å². The van der Waals surface area contributed by atoms with E-state index in [1.165, 1.54) is 19.2 Å². The van der Waals surface area contributed by atoms with Gasteiger partial charge in [0.2, 0.25) is 0 Å². The van der Waals surface area contributed by atoms with E-state index in [4.69, 9.17) is 14.9 Å². The molecule has 0 saturated heterocycles. The molecule has 190 valence electrons. The lowest BCUT2D eigenvalue weighted by Gasteiger charge is -2.22. The second-order valence-electron chi connectivity index (χ2n) is 8.00. The summed E-state index contributed by atoms with van der Waals surface area (Å²) in [7, 11) is 3.09. The second kappa shape index (κ2) is 10.9. The normalized spacial score (nSPS) is 10.9. The standard InChI is InChI=1S/C18H13NO2.C9H8O5.C2H6/c1-10-15-11-6-3-4-7-12(11)17(20)13-8-5-9-14(16(13)15)19(2)18(10)21;1-14-7-3-5(8(10)11)2-6(4-7)9(12)13;1-2/h3-9H,1-2H3;2-4H,1H3,(H,10,11)(H,12,13);1-2H3. The van der Waals surface area contributed by atoms with Gasteiger partial charge in [0.1, 0.15) is 5.75 Å². The molecular weight excluding hydrogens is 474 g/mol. The number of aromatic carboxylic acids is 2. The van der Waals surface area contributed by atoms with E-state index in [-0.39, 0.29) is 28.2 Å². The van der Waals surface area contributed by atoms with Crippen LogP contribution in [-0.2, 0) is 7.05 Å². The van der Waals surface area contributed by atoms with Crippen LogP contribution in [0.5, 0.6) is 5.75 Å². The van der Waals surface area contributed by atoms with Gasteiger partial charge in [0.05, 0.1) is 23.8 Å². The summed E-state index contributed by atoms with van der Waals surface area (Å²) in [6, 6.07) is 16.7. The molecule has 1 aliphatic rings. The van der Waals surface area contributed by atoms with Gasteiger partial charge in [-0.15, -0.1) is 0 Å². The van der Waals surface area contributed by atoms with Crippen LogP contribution in [0.2, 0.25) is 0 Å². The van der Waals surface area contributed by atoms with Crippen LogP contribution in [0.15, 0.2) is 65.5 Å². The highest BCUT2D eigenvalue weighted by Gasteiger charge is 2.27. The lowest BCUT2D eigenvalue weighted by atomic mass is 9.82. The smallest absolute Gasteiger partial charge is 0.335 e. The average molecular weight is 502 g/mol. The van der Waals surface area contributed by atoms with E-state index in [0.29, 0.717) is 16.7 Å². The van der Waals surface area contributed by atoms with Crippen LogP contribution in [0.1, 0.15) is 56.0 Å². The zero-order valence-corrected chi connectivity index (χ0v) is 21.2. The first-order chi connectivity index (χ1) is 17.6. The minimum atomic E-state index is -1.19. The first-order valence-electron chi connectivity index (χ1n) is 11.6. The number of carboxylic acid groups (broad SMARTS) is 2. The van der Waals surface area contributed by atoms with Gasteiger partial charge in [-0.2, -0.15) is 0 Å². The number of fused-ring (bicyclic) bond motifs is 2. The van der Waals surface area contributed by atoms with Crippen molar-refractivity contribution in [2.75, 3.05) is 7.11 Å². The van der Waals surface area contributed by atoms with Crippen molar-refractivity contribution in [3.8, 4) is 16.9 Å². The number of carboxylic acids is 2. The molecule has 0 fully saturated rings. The summed E-state index contributed by atoms with van der Waals surface area (Å²) < 4.78 is 6.39. The van der Waals surface area contributed by atoms with Crippen molar-refractivity contribution in [2.45, 2.75) is 20.8 Å². The number of hydrogen-bond acceptors (Lipinski definition) is 5. The summed E-state index contributed by atoms with van der Waals surface area (Å²) in [5.41, 5.74) is 4.38. The molecule has 0 spiro atoms. The Morgan fingerprint density at radius 3 is 1.89 bits per heavy atom. The van der Waals surface area contributed by atoms with Gasteiger partial charge in [0.25, 0.3) is 5.56 Å². The SMILES string of the molecule is CC.COc1cc(C(=O)O)cc(C(=O)O)c1.Cc1c2c3c(cccc3n(C)c1=O)C(=O)c1ccccc1-2. The van der Waals surface area contributed by atoms with Crippen molar-refractivity contribution < 1.29 is 29.3 Å². The molecule has 1 aromatic heterocycles. The monoisotopic (exact) mass is 501 g/mol. The van der Waals surface area contributed by atoms with E-state index in [9.17, 15) is 19.2 Å². The summed E-state index contributed by atoms with van der Waals surface area (Å²) in [6.07, 6.45) is 0. The fourth-order valence-electron chi connectivity index (χ4n) is 4.27. The minimum absolute atomic E-state index is 0.0150. The molecule has 37 heavy (non-hydrogen) atoms. The number of carbonyl (C=O) groups is 3. The Kier molecular flexibility index (Phi) is 7.92. The van der Waals surface area contributed by atoms with Crippen LogP contribution in [0.4, 0.5) is 0 Å². The van der Waals surface area contributed by atoms with Crippen molar-refractivity contribution in [1.82, 2.24) is 4.57 Å². The van der Waals surface area contributed by atoms with E-state index in [1.807, 2.05) is 63.2 Å². The molecule has 0 amide bonds. The maximum Gasteiger partial charge on any atom is 0.335 e. The van der Waals surface area contributed by atoms with Gasteiger partial charge < -0.3 is 19.5 Å². The molecule has 4 aromatic rings. The number of carbonyl (C=O) groups excluding carboxylic acids is 1. The molecule has 0 saturated carbocycles. The maximum atomic E-state index is 12.7. The number of methoxy groups -OCH3 is 1. The number of rotatable bonds is 3. The highest BCUT2D eigenvalue weighted by molar-refractivity contribution is 6.25. The number of nitrogens with zero attached hydrogens (tertiary/aromatic N) is 1. The first kappa shape index (κ1) is 26.9. The highest BCUT2D eigenvalue weighted by Crippen LogP contribution is 2.39. The largest absolute Gasteiger partial charge is 0.497 e. The third kappa shape index (κ3) is 4.86. The van der Waals surface area contributed by atoms with E-state index < -0.39 is 11.9 Å². The Bertz CT molecular complexity index is 1570. The molecule has 3 aromatic carbocycles. The number of aromatic nitrogens is 1. The number of ketones is 1. The first-order valence-corrected chi connectivity index (χ1v) is 11.6. The number of pyridine rings is 1. The van der Waals surface area contributed by atoms with Gasteiger partial charge in [0, 0.05) is 34.7 Å². The van der Waals surface area contributed by atoms with E-state index in [1.54, 1.807) is 11.6 Å². The van der Waals surface area contributed by atoms with Crippen molar-refractivity contribution in [1.29, 1.82) is 0 Å². The van der Waals surface area contributed by atoms with Crippen molar-refractivity contribution in [3.05, 3.63) is 98.8 Å². The van der Waals surface area contributed by atoms with E-state index in [0.717, 1.165) is 28.1 Å². The lowest BCUT2D eigenvalue weighted by molar-refractivity contribution is 0.0696. The zero-order valence-electron chi connectivity index (χ0n) is 21.2. The van der Waals surface area contributed by atoms with E-state index in [2.05, 4.69) is 0 Å². The summed E-state index contributed by atoms with van der Waals surface area (Å²) in [5, 5.41) is 18.2. The van der Waals surface area contributed by atoms with Crippen LogP contribution in [0.3, 0.4) is 0 Å². The van der Waals surface area contributed by atoms with Crippen molar-refractivity contribution >= 4 is 28.6 Å². The maximum absolute atomic E-state index is 12.7. The Balaban J connectivity index is 0.000000208. The zero-order chi connectivity index (χ0) is 27.4. The molecule has 1 aliphatic carbocycles. The number of aryl methyl sites for hydroxylation is 1. The Morgan fingerprint density at radius 2 is 1.35 bits per heavy atom. The van der Waals surface area contributed by atoms with Gasteiger partial charge in [-0.25, -0.2) is 9.59 Å². The van der Waals surface area contributed by atoms with Crippen LogP contribution in [0, 0.1) is 6.92 Å². The molecule has 2 N–H and O–H groups in total. The third-order valence-corrected chi connectivity index (χ3v) is 5.98. The van der Waals surface area contributed by atoms with Crippen LogP contribution in [0.25, 0.3) is 22.0 Å². The predicted octanol–water partition coefficient (Wildman–Crippen LogP) is 5.18. The Labute approximate surface area is 213 Å². The minimum Gasteiger partial charge on any atom is -0.497 e. The number of benzene rings is 3. The average Bonchev–Trinajstić information content (AvgIpc) is 2.92. The van der Waals surface area contributed by atoms with Gasteiger partial charge in [-0.05, 0) is 36.8 Å². The van der Waals surface area contributed by atoms with E-state index >= 15 is 0 Å². The number of hydrogen-bond donors (Lipinski definition) is 2. The molecule has 0 atom stereocenters. The number of ether oxygens (including phenoxy) is 1. The highest BCUT2D eigenvalue weighted by atomic mass is 16.5. The molecule has 0 aliphatic heterocycles. The van der Waals surface area contributed by atoms with Gasteiger partial charge in [0.15, 0.2) is 5.78 Å². The van der Waals surface area contributed by atoms with Crippen molar-refractivity contribution in [3.63, 3.8) is 0 Å². The Hall–Kier alpha value is -4.72. The molecule has 0 unspecified atom stereocenters. The molecule has 0 radical (unpaired) electrons. The van der Waals surface area contributed by atoms with Crippen LogP contribution in [-0.4, -0.2) is 39.6 Å². The lowest BCUT2D eigenvalue weighted by Crippen LogP contribution is -2.23. The fraction of sp³-hybridized carbons (Fsp3) is 0.172. The quantitative estimate of drug-likeness (QED) is 0.349. The van der Waals surface area contributed by atoms with Crippen molar-refractivity contribution in [2.24, 2.45) is 7.05 Å². The summed E-state index contributed by atoms with van der Waals surface area (Å²) in [4.78, 5) is 46.4. The topological polar surface area (TPSA) is 123 Å². The Morgan fingerprint density at radius 1 is 0.811 bits per heavy atom. The molecule has 1 heterocycles. The van der Waals surface area contributed by atoms with Crippen LogP contribution < -0.4 is 10.3 Å². The van der Waals surface area contributed by atoms with Gasteiger partial charge in [-0.1, -0.05) is 50.2 Å². The molecular formula is C29H27NO7. The molecule has 8 nitrogen and oxygen atoms in total. The predicted molar refractivity (Wildman–Crippen MR) is 141 cm³/mol. The summed E-state index contributed by atoms with van der Waals surface area (Å²) in [5.74, 6) is -2.14. The summed E-state index contributed by atoms with van der Waals surface area (Å²) >= 11 is 0.